The number of hydrogen-bond donors (Lipinski definition) is 0. The number of oxazole rings is 1. The maximum Gasteiger partial charge on any atom is 0.205 e. The number of fused-ring (bicyclic) bond motifs is 1. The molecule has 27 heavy (non-hydrogen) atoms. The molecule has 138 valence electrons. The van der Waals surface area contributed by atoms with Gasteiger partial charge in [-0.15, -0.1) is 10.2 Å². The highest BCUT2D eigenvalue weighted by atomic mass is 32.2. The van der Waals surface area contributed by atoms with Gasteiger partial charge in [-0.05, 0) is 37.1 Å². The molecule has 1 fully saturated rings. The maximum atomic E-state index is 5.85. The first kappa shape index (κ1) is 16.6. The largest absolute Gasteiger partial charge is 0.461 e. The van der Waals surface area contributed by atoms with E-state index in [2.05, 4.69) is 19.7 Å². The monoisotopic (exact) mass is 380 g/mol. The fourth-order valence-electron chi connectivity index (χ4n) is 3.73. The highest BCUT2D eigenvalue weighted by Gasteiger charge is 2.25. The van der Waals surface area contributed by atoms with E-state index in [4.69, 9.17) is 8.83 Å². The number of furan rings is 1. The molecule has 0 atom stereocenters. The Morgan fingerprint density at radius 3 is 2.74 bits per heavy atom. The van der Waals surface area contributed by atoms with E-state index >= 15 is 0 Å². The molecule has 3 heterocycles. The van der Waals surface area contributed by atoms with Gasteiger partial charge in [-0.3, -0.25) is 4.57 Å². The van der Waals surface area contributed by atoms with Crippen molar-refractivity contribution in [3.63, 3.8) is 0 Å². The van der Waals surface area contributed by atoms with Gasteiger partial charge in [0.15, 0.2) is 16.5 Å². The second-order valence-electron chi connectivity index (χ2n) is 6.81. The van der Waals surface area contributed by atoms with E-state index in [1.165, 1.54) is 19.3 Å². The van der Waals surface area contributed by atoms with Crippen LogP contribution in [-0.2, 0) is 5.75 Å². The van der Waals surface area contributed by atoms with E-state index in [1.807, 2.05) is 36.4 Å². The summed E-state index contributed by atoms with van der Waals surface area (Å²) >= 11 is 1.62. The molecular weight excluding hydrogens is 360 g/mol. The first-order valence-corrected chi connectivity index (χ1v) is 10.3. The minimum absolute atomic E-state index is 0.417. The highest BCUT2D eigenvalue weighted by molar-refractivity contribution is 7.98. The Morgan fingerprint density at radius 2 is 1.93 bits per heavy atom. The fourth-order valence-corrected chi connectivity index (χ4v) is 4.57. The van der Waals surface area contributed by atoms with Crippen molar-refractivity contribution in [2.45, 2.75) is 49.1 Å². The molecule has 0 radical (unpaired) electrons. The van der Waals surface area contributed by atoms with E-state index < -0.39 is 0 Å². The molecule has 0 aliphatic heterocycles. The van der Waals surface area contributed by atoms with Crippen LogP contribution in [0.15, 0.2) is 56.7 Å². The molecule has 0 N–H and O–H groups in total. The van der Waals surface area contributed by atoms with E-state index in [-0.39, 0.29) is 0 Å². The van der Waals surface area contributed by atoms with Crippen LogP contribution >= 0.6 is 11.8 Å². The summed E-state index contributed by atoms with van der Waals surface area (Å²) in [5.74, 6) is 2.91. The topological polar surface area (TPSA) is 69.9 Å². The summed E-state index contributed by atoms with van der Waals surface area (Å²) in [6.45, 7) is 0. The van der Waals surface area contributed by atoms with Crippen molar-refractivity contribution in [2.75, 3.05) is 0 Å². The Hall–Kier alpha value is -2.54. The molecular formula is C20H20N4O2S. The third-order valence-corrected chi connectivity index (χ3v) is 5.94. The summed E-state index contributed by atoms with van der Waals surface area (Å²) < 4.78 is 13.7. The molecule has 0 saturated heterocycles. The molecule has 0 spiro atoms. The number of benzene rings is 1. The van der Waals surface area contributed by atoms with Gasteiger partial charge >= 0.3 is 0 Å². The second kappa shape index (κ2) is 7.23. The fraction of sp³-hybridized carbons (Fsp3) is 0.350. The van der Waals surface area contributed by atoms with E-state index in [9.17, 15) is 0 Å². The SMILES string of the molecule is c1coc(-c2nnc(SCc3nc4ccccc4o3)n2C2CCCCC2)c1. The minimum atomic E-state index is 0.417. The summed E-state index contributed by atoms with van der Waals surface area (Å²) in [6.07, 6.45) is 7.79. The minimum Gasteiger partial charge on any atom is -0.461 e. The highest BCUT2D eigenvalue weighted by Crippen LogP contribution is 2.36. The van der Waals surface area contributed by atoms with E-state index in [0.29, 0.717) is 17.7 Å². The van der Waals surface area contributed by atoms with Crippen LogP contribution in [0.25, 0.3) is 22.7 Å². The number of thioether (sulfide) groups is 1. The molecule has 5 rings (SSSR count). The maximum absolute atomic E-state index is 5.85. The zero-order valence-corrected chi connectivity index (χ0v) is 15.7. The zero-order chi connectivity index (χ0) is 18.1. The van der Waals surface area contributed by atoms with Gasteiger partial charge in [0, 0.05) is 6.04 Å². The lowest BCUT2D eigenvalue weighted by molar-refractivity contribution is 0.337. The Kier molecular flexibility index (Phi) is 4.45. The third-order valence-electron chi connectivity index (χ3n) is 5.01. The van der Waals surface area contributed by atoms with Crippen LogP contribution in [0.5, 0.6) is 0 Å². The van der Waals surface area contributed by atoms with Crippen LogP contribution in [0.4, 0.5) is 0 Å². The summed E-state index contributed by atoms with van der Waals surface area (Å²) in [6, 6.07) is 12.1. The van der Waals surface area contributed by atoms with Crippen molar-refractivity contribution in [1.29, 1.82) is 0 Å². The smallest absolute Gasteiger partial charge is 0.205 e. The van der Waals surface area contributed by atoms with Crippen LogP contribution in [0.3, 0.4) is 0 Å². The standard InChI is InChI=1S/C20H20N4O2S/c1-2-7-14(8-3-1)24-19(17-11-6-12-25-17)22-23-20(24)27-13-18-21-15-9-4-5-10-16(15)26-18/h4-6,9-12,14H,1-3,7-8,13H2. The number of rotatable bonds is 5. The molecule has 1 saturated carbocycles. The van der Waals surface area contributed by atoms with Gasteiger partial charge in [0.05, 0.1) is 12.0 Å². The molecule has 7 heteroatoms. The van der Waals surface area contributed by atoms with Gasteiger partial charge in [-0.2, -0.15) is 0 Å². The predicted molar refractivity (Wildman–Crippen MR) is 103 cm³/mol. The van der Waals surface area contributed by atoms with Gasteiger partial charge in [-0.1, -0.05) is 43.2 Å². The molecule has 1 aromatic carbocycles. The van der Waals surface area contributed by atoms with Gasteiger partial charge in [-0.25, -0.2) is 4.98 Å². The third kappa shape index (κ3) is 3.27. The Morgan fingerprint density at radius 1 is 1.04 bits per heavy atom. The number of nitrogens with zero attached hydrogens (tertiary/aromatic N) is 4. The Balaban J connectivity index is 1.44. The van der Waals surface area contributed by atoms with Crippen molar-refractivity contribution in [1.82, 2.24) is 19.7 Å². The zero-order valence-electron chi connectivity index (χ0n) is 14.9. The molecule has 0 amide bonds. The normalized spacial score (nSPS) is 15.6. The average Bonchev–Trinajstić information content (AvgIpc) is 3.45. The molecule has 6 nitrogen and oxygen atoms in total. The van der Waals surface area contributed by atoms with Gasteiger partial charge in [0.2, 0.25) is 11.7 Å². The molecule has 1 aliphatic rings. The second-order valence-corrected chi connectivity index (χ2v) is 7.75. The number of aromatic nitrogens is 4. The van der Waals surface area contributed by atoms with Crippen LogP contribution < -0.4 is 0 Å². The summed E-state index contributed by atoms with van der Waals surface area (Å²) in [4.78, 5) is 4.56. The Bertz CT molecular complexity index is 999. The quantitative estimate of drug-likeness (QED) is 0.427. The predicted octanol–water partition coefficient (Wildman–Crippen LogP) is 5.48. The van der Waals surface area contributed by atoms with Crippen LogP contribution in [0.2, 0.25) is 0 Å². The van der Waals surface area contributed by atoms with Crippen molar-refractivity contribution < 1.29 is 8.83 Å². The Labute approximate surface area is 161 Å². The van der Waals surface area contributed by atoms with Crippen molar-refractivity contribution in [3.8, 4) is 11.6 Å². The lowest BCUT2D eigenvalue weighted by Crippen LogP contribution is -2.15. The van der Waals surface area contributed by atoms with Crippen molar-refractivity contribution in [3.05, 3.63) is 48.6 Å². The molecule has 0 unspecified atom stereocenters. The first-order valence-electron chi connectivity index (χ1n) is 9.34. The van der Waals surface area contributed by atoms with E-state index in [1.54, 1.807) is 18.0 Å². The molecule has 3 aromatic heterocycles. The van der Waals surface area contributed by atoms with Crippen molar-refractivity contribution in [2.24, 2.45) is 0 Å². The van der Waals surface area contributed by atoms with Crippen molar-refractivity contribution >= 4 is 22.9 Å². The van der Waals surface area contributed by atoms with Crippen LogP contribution in [0.1, 0.15) is 44.0 Å². The lowest BCUT2D eigenvalue weighted by Gasteiger charge is -2.25. The first-order chi connectivity index (χ1) is 13.4. The summed E-state index contributed by atoms with van der Waals surface area (Å²) in [7, 11) is 0. The van der Waals surface area contributed by atoms with Crippen LogP contribution in [-0.4, -0.2) is 19.7 Å². The molecule has 4 aromatic rings. The summed E-state index contributed by atoms with van der Waals surface area (Å²) in [5.41, 5.74) is 1.70. The number of para-hydroxylation sites is 2. The lowest BCUT2D eigenvalue weighted by atomic mass is 9.95. The van der Waals surface area contributed by atoms with Crippen LogP contribution in [0, 0.1) is 0 Å². The van der Waals surface area contributed by atoms with E-state index in [0.717, 1.165) is 40.7 Å². The van der Waals surface area contributed by atoms with Gasteiger partial charge < -0.3 is 8.83 Å². The van der Waals surface area contributed by atoms with Gasteiger partial charge in [0.1, 0.15) is 5.52 Å². The molecule has 1 aliphatic carbocycles. The average molecular weight is 380 g/mol. The van der Waals surface area contributed by atoms with Gasteiger partial charge in [0.25, 0.3) is 0 Å². The number of hydrogen-bond acceptors (Lipinski definition) is 6. The summed E-state index contributed by atoms with van der Waals surface area (Å²) in [5, 5.41) is 9.80. The molecule has 0 bridgehead atoms.